The lowest BCUT2D eigenvalue weighted by molar-refractivity contribution is -0.576. The van der Waals surface area contributed by atoms with Crippen molar-refractivity contribution in [3.05, 3.63) is 71.6 Å². The summed E-state index contributed by atoms with van der Waals surface area (Å²) < 4.78 is 1.64. The predicted octanol–water partition coefficient (Wildman–Crippen LogP) is 2.77. The SMILES string of the molecule is Cc1ccc(C(=O)/C(=C/C(=C=N)C#N)[n+]2ccc(N(C)C)cc2)cc1. The van der Waals surface area contributed by atoms with Gasteiger partial charge in [-0.25, -0.2) is 0 Å². The third-order valence-corrected chi connectivity index (χ3v) is 3.69. The standard InChI is InChI=1S/C20H19N4O/c1-15-4-6-17(7-5-15)20(25)19(12-16(13-21)14-22)24-10-8-18(9-11-24)23(2)3/h4-12,21H,1-3H3/q+1/b19-12-. The summed E-state index contributed by atoms with van der Waals surface area (Å²) in [6, 6.07) is 12.8. The van der Waals surface area contributed by atoms with Crippen molar-refractivity contribution in [1.82, 2.24) is 0 Å². The van der Waals surface area contributed by atoms with E-state index in [1.54, 1.807) is 29.1 Å². The number of Topliss-reactive ketones (excluding diaryl/α,β-unsaturated/α-hetero) is 1. The highest BCUT2D eigenvalue weighted by atomic mass is 16.1. The molecular weight excluding hydrogens is 312 g/mol. The number of anilines is 1. The first-order valence-electron chi connectivity index (χ1n) is 7.68. The lowest BCUT2D eigenvalue weighted by Gasteiger charge is -2.10. The summed E-state index contributed by atoms with van der Waals surface area (Å²) in [5.41, 5.74) is 2.83. The molecule has 25 heavy (non-hydrogen) atoms. The van der Waals surface area contributed by atoms with Crippen LogP contribution in [0.15, 0.2) is 60.4 Å². The Morgan fingerprint density at radius 1 is 1.16 bits per heavy atom. The Morgan fingerprint density at radius 2 is 1.76 bits per heavy atom. The van der Waals surface area contributed by atoms with Gasteiger partial charge in [-0.3, -0.25) is 10.2 Å². The largest absolute Gasteiger partial charge is 0.377 e. The van der Waals surface area contributed by atoms with Crippen LogP contribution in [0.4, 0.5) is 5.69 Å². The second-order valence-corrected chi connectivity index (χ2v) is 5.73. The van der Waals surface area contributed by atoms with Crippen LogP contribution in [0.1, 0.15) is 15.9 Å². The number of ketones is 1. The molecule has 1 N–H and O–H groups in total. The van der Waals surface area contributed by atoms with Gasteiger partial charge in [-0.05, 0) is 12.8 Å². The smallest absolute Gasteiger partial charge is 0.260 e. The second-order valence-electron chi connectivity index (χ2n) is 5.73. The molecule has 0 spiro atoms. The summed E-state index contributed by atoms with van der Waals surface area (Å²) in [5, 5.41) is 16.3. The van der Waals surface area contributed by atoms with Gasteiger partial charge >= 0.3 is 0 Å². The normalized spacial score (nSPS) is 10.6. The van der Waals surface area contributed by atoms with Gasteiger partial charge in [-0.1, -0.05) is 29.8 Å². The summed E-state index contributed by atoms with van der Waals surface area (Å²) in [5.74, 6) is 1.82. The van der Waals surface area contributed by atoms with E-state index >= 15 is 0 Å². The van der Waals surface area contributed by atoms with E-state index < -0.39 is 0 Å². The van der Waals surface area contributed by atoms with Crippen LogP contribution in [0, 0.1) is 23.7 Å². The number of aryl methyl sites for hydroxylation is 1. The van der Waals surface area contributed by atoms with E-state index in [1.807, 2.05) is 56.3 Å². The maximum atomic E-state index is 12.9. The van der Waals surface area contributed by atoms with E-state index in [0.29, 0.717) is 5.56 Å². The van der Waals surface area contributed by atoms with Crippen molar-refractivity contribution in [1.29, 1.82) is 10.7 Å². The molecule has 124 valence electrons. The van der Waals surface area contributed by atoms with Crippen molar-refractivity contribution < 1.29 is 9.36 Å². The lowest BCUT2D eigenvalue weighted by atomic mass is 10.0. The summed E-state index contributed by atoms with van der Waals surface area (Å²) in [4.78, 5) is 14.9. The Morgan fingerprint density at radius 3 is 2.24 bits per heavy atom. The minimum atomic E-state index is -0.231. The predicted molar refractivity (Wildman–Crippen MR) is 97.6 cm³/mol. The van der Waals surface area contributed by atoms with Crippen molar-refractivity contribution in [2.24, 2.45) is 0 Å². The molecule has 0 atom stereocenters. The van der Waals surface area contributed by atoms with Gasteiger partial charge in [0.2, 0.25) is 0 Å². The van der Waals surface area contributed by atoms with Crippen molar-refractivity contribution in [3.8, 4) is 6.07 Å². The number of carbonyl (C=O) groups excluding carboxylic acids is 1. The molecule has 0 radical (unpaired) electrons. The highest BCUT2D eigenvalue weighted by Gasteiger charge is 2.22. The highest BCUT2D eigenvalue weighted by molar-refractivity contribution is 6.22. The molecule has 1 aromatic heterocycles. The molecule has 0 aliphatic heterocycles. The molecular formula is C20H19N4O+. The van der Waals surface area contributed by atoms with Gasteiger partial charge in [0.15, 0.2) is 12.4 Å². The average Bonchev–Trinajstić information content (AvgIpc) is 2.63. The third kappa shape index (κ3) is 4.29. The molecule has 5 nitrogen and oxygen atoms in total. The van der Waals surface area contributed by atoms with E-state index in [9.17, 15) is 4.79 Å². The van der Waals surface area contributed by atoms with Gasteiger partial charge in [0.25, 0.3) is 11.5 Å². The Kier molecular flexibility index (Phi) is 5.62. The quantitative estimate of drug-likeness (QED) is 0.229. The summed E-state index contributed by atoms with van der Waals surface area (Å²) in [6.07, 6.45) is 4.89. The number of hydrogen-bond donors (Lipinski definition) is 1. The molecule has 0 saturated carbocycles. The minimum Gasteiger partial charge on any atom is -0.377 e. The fourth-order valence-corrected chi connectivity index (χ4v) is 2.22. The van der Waals surface area contributed by atoms with Gasteiger partial charge in [0.1, 0.15) is 11.6 Å². The molecule has 1 aromatic carbocycles. The van der Waals surface area contributed by atoms with Gasteiger partial charge in [0.05, 0.1) is 0 Å². The van der Waals surface area contributed by atoms with E-state index in [4.69, 9.17) is 10.7 Å². The fraction of sp³-hybridized carbons (Fsp3) is 0.150. The number of benzene rings is 1. The number of carbonyl (C=O) groups is 1. The van der Waals surface area contributed by atoms with E-state index in [0.717, 1.165) is 11.3 Å². The van der Waals surface area contributed by atoms with Crippen LogP contribution in [0.25, 0.3) is 5.70 Å². The minimum absolute atomic E-state index is 0.0142. The first-order chi connectivity index (χ1) is 12.0. The number of aromatic nitrogens is 1. The van der Waals surface area contributed by atoms with Gasteiger partial charge in [0, 0.05) is 43.6 Å². The second kappa shape index (κ2) is 7.87. The number of pyridine rings is 1. The van der Waals surface area contributed by atoms with Crippen LogP contribution >= 0.6 is 0 Å². The summed E-state index contributed by atoms with van der Waals surface area (Å²) >= 11 is 0. The molecule has 0 unspecified atom stereocenters. The number of nitrogens with one attached hydrogen (secondary N) is 1. The van der Waals surface area contributed by atoms with Crippen LogP contribution in [0.5, 0.6) is 0 Å². The van der Waals surface area contributed by atoms with Crippen LogP contribution in [0.3, 0.4) is 0 Å². The summed E-state index contributed by atoms with van der Waals surface area (Å²) in [7, 11) is 3.86. The van der Waals surface area contributed by atoms with E-state index in [1.165, 1.54) is 6.08 Å². The van der Waals surface area contributed by atoms with Crippen LogP contribution < -0.4 is 9.47 Å². The zero-order valence-electron chi connectivity index (χ0n) is 14.4. The monoisotopic (exact) mass is 331 g/mol. The Bertz CT molecular complexity index is 894. The van der Waals surface area contributed by atoms with Gasteiger partial charge < -0.3 is 4.90 Å². The Labute approximate surface area is 147 Å². The van der Waals surface area contributed by atoms with E-state index in [2.05, 4.69) is 5.87 Å². The molecule has 2 aromatic rings. The fourth-order valence-electron chi connectivity index (χ4n) is 2.22. The van der Waals surface area contributed by atoms with Crippen molar-refractivity contribution >= 4 is 23.0 Å². The zero-order valence-corrected chi connectivity index (χ0v) is 14.4. The first kappa shape index (κ1) is 17.9. The Hall–Kier alpha value is -3.48. The van der Waals surface area contributed by atoms with Crippen molar-refractivity contribution in [2.75, 3.05) is 19.0 Å². The molecule has 0 amide bonds. The van der Waals surface area contributed by atoms with Gasteiger partial charge in [-0.2, -0.15) is 9.83 Å². The van der Waals surface area contributed by atoms with E-state index in [-0.39, 0.29) is 17.1 Å². The van der Waals surface area contributed by atoms with Crippen LogP contribution in [-0.2, 0) is 0 Å². The average molecular weight is 331 g/mol. The molecule has 0 bridgehead atoms. The molecule has 0 fully saturated rings. The Balaban J connectivity index is 2.54. The zero-order chi connectivity index (χ0) is 18.4. The highest BCUT2D eigenvalue weighted by Crippen LogP contribution is 2.13. The third-order valence-electron chi connectivity index (χ3n) is 3.69. The van der Waals surface area contributed by atoms with Crippen LogP contribution in [-0.4, -0.2) is 25.7 Å². The molecule has 0 saturated heterocycles. The maximum absolute atomic E-state index is 12.9. The lowest BCUT2D eigenvalue weighted by Crippen LogP contribution is -2.36. The number of allylic oxidation sites excluding steroid dienone is 3. The molecule has 5 heteroatoms. The number of nitriles is 1. The van der Waals surface area contributed by atoms with Crippen molar-refractivity contribution in [2.45, 2.75) is 6.92 Å². The first-order valence-corrected chi connectivity index (χ1v) is 7.68. The number of rotatable bonds is 5. The number of nitrogens with zero attached hydrogens (tertiary/aromatic N) is 3. The molecule has 1 heterocycles. The maximum Gasteiger partial charge on any atom is 0.260 e. The summed E-state index contributed by atoms with van der Waals surface area (Å²) in [6.45, 7) is 1.95. The molecule has 0 aliphatic carbocycles. The van der Waals surface area contributed by atoms with Gasteiger partial charge in [-0.15, -0.1) is 0 Å². The number of hydrogen-bond acceptors (Lipinski definition) is 4. The topological polar surface area (TPSA) is 71.8 Å². The van der Waals surface area contributed by atoms with Crippen molar-refractivity contribution in [3.63, 3.8) is 0 Å². The van der Waals surface area contributed by atoms with Crippen LogP contribution in [0.2, 0.25) is 0 Å². The molecule has 2 rings (SSSR count). The molecule has 0 aliphatic rings.